The summed E-state index contributed by atoms with van der Waals surface area (Å²) >= 11 is 0. The highest BCUT2D eigenvalue weighted by molar-refractivity contribution is 5.75. The van der Waals surface area contributed by atoms with Gasteiger partial charge in [-0.15, -0.1) is 0 Å². The summed E-state index contributed by atoms with van der Waals surface area (Å²) in [6, 6.07) is 8.52. The van der Waals surface area contributed by atoms with Gasteiger partial charge in [-0.1, -0.05) is 32.9 Å². The van der Waals surface area contributed by atoms with E-state index in [4.69, 9.17) is 4.98 Å². The third-order valence-corrected chi connectivity index (χ3v) is 4.02. The van der Waals surface area contributed by atoms with Crippen molar-refractivity contribution in [1.82, 2.24) is 14.9 Å². The normalized spacial score (nSPS) is 13.8. The molecule has 116 valence electrons. The molecule has 0 aliphatic rings. The second-order valence-electron chi connectivity index (χ2n) is 6.57. The summed E-state index contributed by atoms with van der Waals surface area (Å²) in [6.07, 6.45) is 0.760. The zero-order chi connectivity index (χ0) is 15.5. The molecule has 1 heterocycles. The van der Waals surface area contributed by atoms with Crippen molar-refractivity contribution in [2.45, 2.75) is 53.2 Å². The summed E-state index contributed by atoms with van der Waals surface area (Å²) in [7, 11) is 0. The molecular formula is C17H27N3O. The summed E-state index contributed by atoms with van der Waals surface area (Å²) in [5.41, 5.74) is 2.35. The highest BCUT2D eigenvalue weighted by Gasteiger charge is 2.24. The van der Waals surface area contributed by atoms with Gasteiger partial charge in [0.25, 0.3) is 0 Å². The van der Waals surface area contributed by atoms with Crippen molar-refractivity contribution in [3.63, 3.8) is 0 Å². The van der Waals surface area contributed by atoms with Gasteiger partial charge in [-0.05, 0) is 30.9 Å². The molecule has 0 fully saturated rings. The molecule has 0 spiro atoms. The first-order valence-electron chi connectivity index (χ1n) is 7.75. The molecule has 21 heavy (non-hydrogen) atoms. The van der Waals surface area contributed by atoms with E-state index in [2.05, 4.69) is 55.8 Å². The monoisotopic (exact) mass is 289 g/mol. The van der Waals surface area contributed by atoms with Crippen LogP contribution in [0, 0.1) is 5.41 Å². The maximum Gasteiger partial charge on any atom is 0.123 e. The van der Waals surface area contributed by atoms with Gasteiger partial charge in [-0.25, -0.2) is 4.98 Å². The van der Waals surface area contributed by atoms with Crippen LogP contribution in [0.15, 0.2) is 24.3 Å². The fourth-order valence-electron chi connectivity index (χ4n) is 2.80. The van der Waals surface area contributed by atoms with Gasteiger partial charge in [0.1, 0.15) is 5.82 Å². The molecule has 0 saturated carbocycles. The standard InChI is InChI=1S/C17H27N3O/c1-5-20-14-9-7-6-8-13(14)19-16(20)12-18-15(10-11-21)17(2,3)4/h6-9,15,18,21H,5,10-12H2,1-4H3. The Hall–Kier alpha value is -1.39. The molecule has 2 aromatic rings. The number of rotatable bonds is 6. The van der Waals surface area contributed by atoms with Crippen molar-refractivity contribution in [3.05, 3.63) is 30.1 Å². The van der Waals surface area contributed by atoms with Crippen LogP contribution in [-0.2, 0) is 13.1 Å². The van der Waals surface area contributed by atoms with Crippen LogP contribution < -0.4 is 5.32 Å². The Morgan fingerprint density at radius 3 is 2.62 bits per heavy atom. The fraction of sp³-hybridized carbons (Fsp3) is 0.588. The number of nitrogens with one attached hydrogen (secondary N) is 1. The van der Waals surface area contributed by atoms with E-state index in [1.807, 2.05) is 6.07 Å². The highest BCUT2D eigenvalue weighted by Crippen LogP contribution is 2.22. The van der Waals surface area contributed by atoms with E-state index in [1.54, 1.807) is 0 Å². The number of fused-ring (bicyclic) bond motifs is 1. The Labute approximate surface area is 127 Å². The average molecular weight is 289 g/mol. The maximum absolute atomic E-state index is 9.25. The number of hydrogen-bond donors (Lipinski definition) is 2. The number of imidazole rings is 1. The van der Waals surface area contributed by atoms with Gasteiger partial charge in [0.15, 0.2) is 0 Å². The van der Waals surface area contributed by atoms with Crippen LogP contribution in [0.4, 0.5) is 0 Å². The minimum Gasteiger partial charge on any atom is -0.396 e. The van der Waals surface area contributed by atoms with Crippen LogP contribution in [0.3, 0.4) is 0 Å². The summed E-state index contributed by atoms with van der Waals surface area (Å²) in [6.45, 7) is 10.6. The molecule has 1 unspecified atom stereocenters. The molecule has 1 aromatic carbocycles. The van der Waals surface area contributed by atoms with Gasteiger partial charge in [0.05, 0.1) is 17.6 Å². The van der Waals surface area contributed by atoms with E-state index in [-0.39, 0.29) is 18.1 Å². The largest absolute Gasteiger partial charge is 0.396 e. The zero-order valence-electron chi connectivity index (χ0n) is 13.6. The molecule has 2 N–H and O–H groups in total. The number of benzene rings is 1. The second kappa shape index (κ2) is 6.58. The van der Waals surface area contributed by atoms with Gasteiger partial charge in [0, 0.05) is 19.2 Å². The number of nitrogens with zero attached hydrogens (tertiary/aromatic N) is 2. The lowest BCUT2D eigenvalue weighted by Crippen LogP contribution is -2.41. The predicted octanol–water partition coefficient (Wildman–Crippen LogP) is 2.94. The zero-order valence-corrected chi connectivity index (χ0v) is 13.6. The number of aliphatic hydroxyl groups excluding tert-OH is 1. The first-order chi connectivity index (χ1) is 9.97. The lowest BCUT2D eigenvalue weighted by atomic mass is 9.85. The van der Waals surface area contributed by atoms with E-state index in [0.29, 0.717) is 0 Å². The van der Waals surface area contributed by atoms with E-state index < -0.39 is 0 Å². The van der Waals surface area contributed by atoms with Crippen LogP contribution in [0.2, 0.25) is 0 Å². The van der Waals surface area contributed by atoms with Crippen LogP contribution in [-0.4, -0.2) is 27.3 Å². The van der Waals surface area contributed by atoms with Gasteiger partial charge in [-0.3, -0.25) is 0 Å². The molecule has 0 saturated heterocycles. The Balaban J connectivity index is 2.19. The van der Waals surface area contributed by atoms with Gasteiger partial charge < -0.3 is 15.0 Å². The van der Waals surface area contributed by atoms with Crippen molar-refractivity contribution in [3.8, 4) is 0 Å². The van der Waals surface area contributed by atoms with Crippen LogP contribution in [0.25, 0.3) is 11.0 Å². The predicted molar refractivity (Wildman–Crippen MR) is 87.2 cm³/mol. The molecule has 0 aliphatic carbocycles. The Morgan fingerprint density at radius 1 is 1.29 bits per heavy atom. The number of para-hydroxylation sites is 2. The summed E-state index contributed by atoms with van der Waals surface area (Å²) in [4.78, 5) is 4.74. The lowest BCUT2D eigenvalue weighted by molar-refractivity contribution is 0.195. The van der Waals surface area contributed by atoms with Gasteiger partial charge in [-0.2, -0.15) is 0 Å². The molecule has 0 bridgehead atoms. The van der Waals surface area contributed by atoms with E-state index in [1.165, 1.54) is 5.52 Å². The molecule has 4 heteroatoms. The van der Waals surface area contributed by atoms with Gasteiger partial charge >= 0.3 is 0 Å². The Morgan fingerprint density at radius 2 is 2.00 bits per heavy atom. The summed E-state index contributed by atoms with van der Waals surface area (Å²) in [5, 5.41) is 12.8. The number of aliphatic hydroxyl groups is 1. The molecule has 0 radical (unpaired) electrons. The second-order valence-corrected chi connectivity index (χ2v) is 6.57. The average Bonchev–Trinajstić information content (AvgIpc) is 2.79. The minimum atomic E-state index is 0.117. The minimum absolute atomic E-state index is 0.117. The highest BCUT2D eigenvalue weighted by atomic mass is 16.3. The van der Waals surface area contributed by atoms with Crippen LogP contribution >= 0.6 is 0 Å². The molecule has 1 aromatic heterocycles. The van der Waals surface area contributed by atoms with Crippen molar-refractivity contribution in [2.75, 3.05) is 6.61 Å². The number of aromatic nitrogens is 2. The molecule has 2 rings (SSSR count). The lowest BCUT2D eigenvalue weighted by Gasteiger charge is -2.31. The molecule has 1 atom stereocenters. The first-order valence-corrected chi connectivity index (χ1v) is 7.75. The van der Waals surface area contributed by atoms with Crippen LogP contribution in [0.1, 0.15) is 39.9 Å². The topological polar surface area (TPSA) is 50.1 Å². The van der Waals surface area contributed by atoms with Crippen molar-refractivity contribution < 1.29 is 5.11 Å². The fourth-order valence-corrected chi connectivity index (χ4v) is 2.80. The smallest absolute Gasteiger partial charge is 0.123 e. The maximum atomic E-state index is 9.25. The SMILES string of the molecule is CCn1c(CNC(CCO)C(C)(C)C)nc2ccccc21. The van der Waals surface area contributed by atoms with Gasteiger partial charge in [0.2, 0.25) is 0 Å². The molecule has 4 nitrogen and oxygen atoms in total. The number of aryl methyl sites for hydroxylation is 1. The molecule has 0 amide bonds. The van der Waals surface area contributed by atoms with E-state index >= 15 is 0 Å². The third-order valence-electron chi connectivity index (χ3n) is 4.02. The van der Waals surface area contributed by atoms with Crippen LogP contribution in [0.5, 0.6) is 0 Å². The third kappa shape index (κ3) is 3.63. The Kier molecular flexibility index (Phi) is 5.01. The number of hydrogen-bond acceptors (Lipinski definition) is 3. The van der Waals surface area contributed by atoms with Crippen molar-refractivity contribution >= 4 is 11.0 Å². The summed E-state index contributed by atoms with van der Waals surface area (Å²) in [5.74, 6) is 1.06. The molecular weight excluding hydrogens is 262 g/mol. The van der Waals surface area contributed by atoms with E-state index in [0.717, 1.165) is 30.9 Å². The first kappa shape index (κ1) is 16.0. The summed E-state index contributed by atoms with van der Waals surface area (Å²) < 4.78 is 2.25. The van der Waals surface area contributed by atoms with Crippen molar-refractivity contribution in [1.29, 1.82) is 0 Å². The van der Waals surface area contributed by atoms with E-state index in [9.17, 15) is 5.11 Å². The molecule has 0 aliphatic heterocycles. The van der Waals surface area contributed by atoms with Crippen molar-refractivity contribution in [2.24, 2.45) is 5.41 Å². The Bertz CT molecular complexity index is 583. The quantitative estimate of drug-likeness (QED) is 0.859.